The van der Waals surface area contributed by atoms with E-state index in [1.807, 2.05) is 13.0 Å². The number of carbonyl (C=O) groups excluding carboxylic acids is 2. The number of hydrogen-bond acceptors (Lipinski definition) is 4. The summed E-state index contributed by atoms with van der Waals surface area (Å²) in [7, 11) is 0. The third kappa shape index (κ3) is 4.67. The second-order valence-corrected chi connectivity index (χ2v) is 12.0. The Balaban J connectivity index is 1.81. The van der Waals surface area contributed by atoms with E-state index in [-0.39, 0.29) is 22.5 Å². The molecule has 1 aliphatic heterocycles. The minimum atomic E-state index is -0.445. The molecule has 2 heterocycles. The third-order valence-corrected chi connectivity index (χ3v) is 7.79. The van der Waals surface area contributed by atoms with Crippen LogP contribution in [-0.2, 0) is 15.0 Å². The predicted molar refractivity (Wildman–Crippen MR) is 132 cm³/mol. The minimum absolute atomic E-state index is 0.0334. The molecule has 1 aromatic heterocycles. The number of dihydropyridines is 1. The van der Waals surface area contributed by atoms with Gasteiger partial charge in [-0.1, -0.05) is 40.7 Å². The lowest BCUT2D eigenvalue weighted by Gasteiger charge is -2.39. The highest BCUT2D eigenvalue weighted by molar-refractivity contribution is 7.12. The summed E-state index contributed by atoms with van der Waals surface area (Å²) in [5.41, 5.74) is 3.04. The number of halogens is 1. The molecule has 2 aromatic rings. The molecule has 33 heavy (non-hydrogen) atoms. The Morgan fingerprint density at radius 1 is 1.18 bits per heavy atom. The van der Waals surface area contributed by atoms with Gasteiger partial charge < -0.3 is 10.6 Å². The van der Waals surface area contributed by atoms with Crippen molar-refractivity contribution in [3.05, 3.63) is 74.5 Å². The van der Waals surface area contributed by atoms with Crippen molar-refractivity contribution in [1.29, 1.82) is 0 Å². The van der Waals surface area contributed by atoms with Crippen molar-refractivity contribution in [2.45, 2.75) is 65.7 Å². The molecule has 0 saturated heterocycles. The molecule has 1 aromatic carbocycles. The molecule has 0 bridgehead atoms. The summed E-state index contributed by atoms with van der Waals surface area (Å²) in [5.74, 6) is -1.11. The van der Waals surface area contributed by atoms with Gasteiger partial charge in [0.2, 0.25) is 0 Å². The van der Waals surface area contributed by atoms with Crippen molar-refractivity contribution in [2.24, 2.45) is 5.41 Å². The largest absolute Gasteiger partial charge is 0.362 e. The van der Waals surface area contributed by atoms with E-state index in [4.69, 9.17) is 0 Å². The van der Waals surface area contributed by atoms with Crippen LogP contribution in [0.4, 0.5) is 10.1 Å². The molecule has 0 spiro atoms. The molecule has 1 aliphatic carbocycles. The maximum atomic E-state index is 13.7. The van der Waals surface area contributed by atoms with Crippen molar-refractivity contribution in [3.8, 4) is 0 Å². The molecule has 4 rings (SSSR count). The zero-order chi connectivity index (χ0) is 24.1. The van der Waals surface area contributed by atoms with Gasteiger partial charge in [-0.2, -0.15) is 0 Å². The summed E-state index contributed by atoms with van der Waals surface area (Å²) in [4.78, 5) is 29.1. The fraction of sp³-hybridized carbons (Fsp3) is 0.407. The quantitative estimate of drug-likeness (QED) is 0.548. The molecule has 174 valence electrons. The second-order valence-electron chi connectivity index (χ2n) is 10.8. The van der Waals surface area contributed by atoms with Crippen LogP contribution in [0.3, 0.4) is 0 Å². The second kappa shape index (κ2) is 8.24. The SMILES string of the molecule is CC1=C(C(=O)Nc2cccc(F)c2)[C@H](c2ccc(C(C)(C)C)s2)C2=C(CC(C)(C)CC2=O)N1. The van der Waals surface area contributed by atoms with Crippen LogP contribution in [0.1, 0.15) is 70.1 Å². The lowest BCUT2D eigenvalue weighted by atomic mass is 9.69. The Bertz CT molecular complexity index is 1200. The predicted octanol–water partition coefficient (Wildman–Crippen LogP) is 6.43. The third-order valence-electron chi connectivity index (χ3n) is 6.22. The standard InChI is InChI=1S/C27H31FN2O2S/c1-15-22(25(32)30-17-9-7-8-16(28)12-17)24(20-10-11-21(33-20)26(2,3)4)23-18(29-15)13-27(5,6)14-19(23)31/h7-12,24,29H,13-14H2,1-6H3,(H,30,32)/t24-/m0/s1. The number of amides is 1. The van der Waals surface area contributed by atoms with Gasteiger partial charge in [0, 0.05) is 44.4 Å². The summed E-state index contributed by atoms with van der Waals surface area (Å²) >= 11 is 1.65. The van der Waals surface area contributed by atoms with Crippen LogP contribution in [0.15, 0.2) is 58.9 Å². The zero-order valence-corrected chi connectivity index (χ0v) is 20.9. The van der Waals surface area contributed by atoms with Gasteiger partial charge in [0.1, 0.15) is 5.82 Å². The van der Waals surface area contributed by atoms with E-state index in [9.17, 15) is 14.0 Å². The number of rotatable bonds is 3. The Morgan fingerprint density at radius 3 is 2.55 bits per heavy atom. The topological polar surface area (TPSA) is 58.2 Å². The number of hydrogen-bond donors (Lipinski definition) is 2. The molecule has 0 fully saturated rings. The maximum Gasteiger partial charge on any atom is 0.254 e. The Morgan fingerprint density at radius 2 is 1.91 bits per heavy atom. The van der Waals surface area contributed by atoms with Gasteiger partial charge >= 0.3 is 0 Å². The van der Waals surface area contributed by atoms with Crippen molar-refractivity contribution in [3.63, 3.8) is 0 Å². The van der Waals surface area contributed by atoms with E-state index in [1.54, 1.807) is 23.5 Å². The molecular formula is C27H31FN2O2S. The molecule has 2 N–H and O–H groups in total. The summed E-state index contributed by atoms with van der Waals surface area (Å²) < 4.78 is 13.7. The molecule has 1 amide bonds. The number of Topliss-reactive ketones (excluding diaryl/α,β-unsaturated/α-hetero) is 1. The first kappa shape index (κ1) is 23.4. The monoisotopic (exact) mass is 466 g/mol. The highest BCUT2D eigenvalue weighted by Crippen LogP contribution is 2.48. The van der Waals surface area contributed by atoms with Gasteiger partial charge in [-0.05, 0) is 54.5 Å². The summed E-state index contributed by atoms with van der Waals surface area (Å²) in [6.45, 7) is 12.5. The number of carbonyl (C=O) groups is 2. The lowest BCUT2D eigenvalue weighted by Crippen LogP contribution is -2.39. The van der Waals surface area contributed by atoms with E-state index < -0.39 is 11.7 Å². The van der Waals surface area contributed by atoms with E-state index >= 15 is 0 Å². The Kier molecular flexibility index (Phi) is 5.85. The highest BCUT2D eigenvalue weighted by Gasteiger charge is 2.43. The van der Waals surface area contributed by atoms with E-state index in [2.05, 4.69) is 51.3 Å². The molecule has 6 heteroatoms. The zero-order valence-electron chi connectivity index (χ0n) is 20.1. The van der Waals surface area contributed by atoms with E-state index in [0.29, 0.717) is 23.3 Å². The van der Waals surface area contributed by atoms with Crippen LogP contribution in [0.25, 0.3) is 0 Å². The van der Waals surface area contributed by atoms with Crippen LogP contribution in [-0.4, -0.2) is 11.7 Å². The fourth-order valence-corrected chi connectivity index (χ4v) is 5.88. The number of anilines is 1. The molecule has 0 saturated carbocycles. The fourth-order valence-electron chi connectivity index (χ4n) is 4.70. The molecule has 1 atom stereocenters. The average Bonchev–Trinajstić information content (AvgIpc) is 3.16. The number of nitrogens with one attached hydrogen (secondary N) is 2. The van der Waals surface area contributed by atoms with Crippen LogP contribution < -0.4 is 10.6 Å². The van der Waals surface area contributed by atoms with Crippen LogP contribution in [0, 0.1) is 11.2 Å². The Hall–Kier alpha value is -2.73. The Labute approximate surface area is 199 Å². The number of thiophene rings is 1. The molecular weight excluding hydrogens is 435 g/mol. The van der Waals surface area contributed by atoms with Crippen molar-refractivity contribution >= 4 is 28.7 Å². The van der Waals surface area contributed by atoms with Crippen LogP contribution in [0.2, 0.25) is 0 Å². The number of ketones is 1. The first-order valence-corrected chi connectivity index (χ1v) is 12.1. The summed E-state index contributed by atoms with van der Waals surface area (Å²) in [5, 5.41) is 6.22. The summed E-state index contributed by atoms with van der Waals surface area (Å²) in [6, 6.07) is 9.98. The minimum Gasteiger partial charge on any atom is -0.362 e. The molecule has 2 aliphatic rings. The number of benzene rings is 1. The number of allylic oxidation sites excluding steroid dienone is 3. The lowest BCUT2D eigenvalue weighted by molar-refractivity contribution is -0.118. The van der Waals surface area contributed by atoms with E-state index in [0.717, 1.165) is 22.7 Å². The van der Waals surface area contributed by atoms with Gasteiger partial charge in [0.05, 0.1) is 5.92 Å². The van der Waals surface area contributed by atoms with Crippen LogP contribution in [0.5, 0.6) is 0 Å². The maximum absolute atomic E-state index is 13.7. The average molecular weight is 467 g/mol. The van der Waals surface area contributed by atoms with Gasteiger partial charge in [0.15, 0.2) is 5.78 Å². The van der Waals surface area contributed by atoms with Gasteiger partial charge in [-0.15, -0.1) is 11.3 Å². The normalized spacial score (nSPS) is 20.5. The van der Waals surface area contributed by atoms with E-state index in [1.165, 1.54) is 17.0 Å². The van der Waals surface area contributed by atoms with Crippen LogP contribution >= 0.6 is 11.3 Å². The van der Waals surface area contributed by atoms with Gasteiger partial charge in [-0.25, -0.2) is 4.39 Å². The van der Waals surface area contributed by atoms with Gasteiger partial charge in [-0.3, -0.25) is 9.59 Å². The highest BCUT2D eigenvalue weighted by atomic mass is 32.1. The molecule has 0 unspecified atom stereocenters. The smallest absolute Gasteiger partial charge is 0.254 e. The van der Waals surface area contributed by atoms with Crippen molar-refractivity contribution in [1.82, 2.24) is 5.32 Å². The van der Waals surface area contributed by atoms with Crippen molar-refractivity contribution in [2.75, 3.05) is 5.32 Å². The summed E-state index contributed by atoms with van der Waals surface area (Å²) in [6.07, 6.45) is 1.19. The first-order valence-electron chi connectivity index (χ1n) is 11.3. The molecule has 0 radical (unpaired) electrons. The first-order chi connectivity index (χ1) is 15.4. The molecule has 4 nitrogen and oxygen atoms in total. The van der Waals surface area contributed by atoms with Gasteiger partial charge in [0.25, 0.3) is 5.91 Å². The van der Waals surface area contributed by atoms with Crippen molar-refractivity contribution < 1.29 is 14.0 Å².